The normalized spacial score (nSPS) is 21.6. The third-order valence-corrected chi connectivity index (χ3v) is 5.56. The molecule has 2 heterocycles. The van der Waals surface area contributed by atoms with Gasteiger partial charge in [-0.15, -0.1) is 24.8 Å². The number of piperidine rings is 1. The van der Waals surface area contributed by atoms with Crippen LogP contribution in [0.1, 0.15) is 31.7 Å². The van der Waals surface area contributed by atoms with E-state index in [0.29, 0.717) is 5.91 Å². The van der Waals surface area contributed by atoms with E-state index in [1.807, 2.05) is 12.1 Å². The van der Waals surface area contributed by atoms with Gasteiger partial charge in [0, 0.05) is 37.7 Å². The Labute approximate surface area is 174 Å². The Morgan fingerprint density at radius 2 is 1.69 bits per heavy atom. The Kier molecular flexibility index (Phi) is 10.3. The highest BCUT2D eigenvalue weighted by Gasteiger charge is 2.32. The first-order valence-corrected chi connectivity index (χ1v) is 9.55. The number of carbonyl (C=O) groups excluding carboxylic acids is 1. The highest BCUT2D eigenvalue weighted by atomic mass is 35.5. The zero-order valence-electron chi connectivity index (χ0n) is 15.4. The van der Waals surface area contributed by atoms with Crippen molar-refractivity contribution in [1.29, 1.82) is 0 Å². The van der Waals surface area contributed by atoms with Crippen LogP contribution in [-0.2, 0) is 11.3 Å². The maximum atomic E-state index is 12.9. The van der Waals surface area contributed by atoms with Crippen molar-refractivity contribution >= 4 is 42.3 Å². The summed E-state index contributed by atoms with van der Waals surface area (Å²) in [5, 5.41) is 0.780. The summed E-state index contributed by atoms with van der Waals surface area (Å²) in [5.74, 6) is 0.350. The fourth-order valence-electron chi connectivity index (χ4n) is 3.83. The van der Waals surface area contributed by atoms with Gasteiger partial charge in [0.1, 0.15) is 0 Å². The molecule has 1 aromatic rings. The molecule has 2 aliphatic heterocycles. The molecule has 2 saturated heterocycles. The van der Waals surface area contributed by atoms with Crippen molar-refractivity contribution in [3.8, 4) is 0 Å². The number of likely N-dealkylation sites (N-methyl/N-ethyl adjacent to an activating group) is 1. The number of amides is 1. The van der Waals surface area contributed by atoms with Crippen LogP contribution in [0.4, 0.5) is 0 Å². The van der Waals surface area contributed by atoms with Crippen LogP contribution in [0.5, 0.6) is 0 Å². The summed E-state index contributed by atoms with van der Waals surface area (Å²) in [7, 11) is 0. The monoisotopic (exact) mass is 421 g/mol. The van der Waals surface area contributed by atoms with E-state index in [0.717, 1.165) is 57.3 Å². The van der Waals surface area contributed by atoms with Gasteiger partial charge >= 0.3 is 0 Å². The van der Waals surface area contributed by atoms with Crippen LogP contribution >= 0.6 is 36.4 Å². The maximum absolute atomic E-state index is 12.9. The van der Waals surface area contributed by atoms with Crippen molar-refractivity contribution in [1.82, 2.24) is 14.7 Å². The van der Waals surface area contributed by atoms with Crippen LogP contribution in [0.3, 0.4) is 0 Å². The van der Waals surface area contributed by atoms with Gasteiger partial charge in [0.05, 0.1) is 6.04 Å². The van der Waals surface area contributed by atoms with Crippen molar-refractivity contribution in [2.45, 2.75) is 38.8 Å². The second-order valence-electron chi connectivity index (χ2n) is 6.87. The molecule has 0 aromatic heterocycles. The van der Waals surface area contributed by atoms with Gasteiger partial charge in [-0.25, -0.2) is 0 Å². The summed E-state index contributed by atoms with van der Waals surface area (Å²) in [6, 6.07) is 8.17. The first kappa shape index (κ1) is 23.5. The van der Waals surface area contributed by atoms with E-state index in [9.17, 15) is 4.79 Å². The molecular formula is C19H30Cl3N3O. The first-order valence-electron chi connectivity index (χ1n) is 9.17. The number of piperazine rings is 1. The minimum atomic E-state index is 0. The molecule has 0 radical (unpaired) electrons. The van der Waals surface area contributed by atoms with Crippen molar-refractivity contribution in [2.75, 3.05) is 39.3 Å². The lowest BCUT2D eigenvalue weighted by Gasteiger charge is -2.40. The number of hydrogen-bond acceptors (Lipinski definition) is 3. The second-order valence-corrected chi connectivity index (χ2v) is 7.30. The summed E-state index contributed by atoms with van der Waals surface area (Å²) < 4.78 is 0. The molecule has 2 aliphatic rings. The van der Waals surface area contributed by atoms with Crippen molar-refractivity contribution in [3.63, 3.8) is 0 Å². The summed E-state index contributed by atoms with van der Waals surface area (Å²) in [4.78, 5) is 19.7. The lowest BCUT2D eigenvalue weighted by atomic mass is 10.0. The third-order valence-electron chi connectivity index (χ3n) is 5.31. The molecule has 0 bridgehead atoms. The average Bonchev–Trinajstić information content (AvgIpc) is 2.63. The molecule has 0 N–H and O–H groups in total. The van der Waals surface area contributed by atoms with E-state index in [1.165, 1.54) is 18.4 Å². The van der Waals surface area contributed by atoms with Crippen LogP contribution in [0.2, 0.25) is 5.02 Å². The minimum absolute atomic E-state index is 0. The maximum Gasteiger partial charge on any atom is 0.240 e. The Morgan fingerprint density at radius 1 is 1.04 bits per heavy atom. The Morgan fingerprint density at radius 3 is 2.31 bits per heavy atom. The molecule has 1 aromatic carbocycles. The number of nitrogens with zero attached hydrogens (tertiary/aromatic N) is 3. The first-order chi connectivity index (χ1) is 11.7. The predicted molar refractivity (Wildman–Crippen MR) is 113 cm³/mol. The van der Waals surface area contributed by atoms with Gasteiger partial charge in [-0.05, 0) is 43.6 Å². The second kappa shape index (κ2) is 11.4. The molecule has 0 saturated carbocycles. The van der Waals surface area contributed by atoms with Gasteiger partial charge in [-0.1, -0.05) is 37.1 Å². The molecule has 26 heavy (non-hydrogen) atoms. The van der Waals surface area contributed by atoms with E-state index in [1.54, 1.807) is 0 Å². The fraction of sp³-hybridized carbons (Fsp3) is 0.632. The third kappa shape index (κ3) is 6.00. The Hall–Kier alpha value is -0.520. The van der Waals surface area contributed by atoms with Gasteiger partial charge in [0.15, 0.2) is 0 Å². The van der Waals surface area contributed by atoms with Gasteiger partial charge in [-0.2, -0.15) is 0 Å². The summed E-state index contributed by atoms with van der Waals surface area (Å²) in [6.07, 6.45) is 3.44. The largest absolute Gasteiger partial charge is 0.339 e. The van der Waals surface area contributed by atoms with E-state index in [2.05, 4.69) is 33.8 Å². The molecule has 2 fully saturated rings. The molecule has 0 spiro atoms. The SMILES string of the molecule is CCN1CCCC[C@H]1C(=O)N1CCN(Cc2ccc(Cl)cc2)CC1.Cl.Cl. The lowest BCUT2D eigenvalue weighted by Crippen LogP contribution is -2.55. The zero-order chi connectivity index (χ0) is 16.9. The van der Waals surface area contributed by atoms with Crippen LogP contribution in [0.25, 0.3) is 0 Å². The molecular weight excluding hydrogens is 393 g/mol. The highest BCUT2D eigenvalue weighted by molar-refractivity contribution is 6.30. The van der Waals surface area contributed by atoms with E-state index in [4.69, 9.17) is 11.6 Å². The number of likely N-dealkylation sites (tertiary alicyclic amines) is 1. The average molecular weight is 423 g/mol. The highest BCUT2D eigenvalue weighted by Crippen LogP contribution is 2.20. The number of benzene rings is 1. The fourth-order valence-corrected chi connectivity index (χ4v) is 3.96. The molecule has 1 amide bonds. The topological polar surface area (TPSA) is 26.8 Å². The number of hydrogen-bond donors (Lipinski definition) is 0. The molecule has 7 heteroatoms. The molecule has 1 atom stereocenters. The van der Waals surface area contributed by atoms with E-state index >= 15 is 0 Å². The van der Waals surface area contributed by atoms with Crippen LogP contribution in [-0.4, -0.2) is 65.9 Å². The van der Waals surface area contributed by atoms with E-state index in [-0.39, 0.29) is 30.9 Å². The number of carbonyl (C=O) groups is 1. The van der Waals surface area contributed by atoms with Crippen molar-refractivity contribution < 1.29 is 4.79 Å². The number of halogens is 3. The summed E-state index contributed by atoms with van der Waals surface area (Å²) >= 11 is 5.94. The minimum Gasteiger partial charge on any atom is -0.339 e. The standard InChI is InChI=1S/C19H28ClN3O.2ClH/c1-2-22-10-4-3-5-18(22)19(24)23-13-11-21(12-14-23)15-16-6-8-17(20)9-7-16;;/h6-9,18H,2-5,10-15H2,1H3;2*1H/t18-;;/m0../s1. The van der Waals surface area contributed by atoms with Gasteiger partial charge in [0.25, 0.3) is 0 Å². The summed E-state index contributed by atoms with van der Waals surface area (Å²) in [5.41, 5.74) is 1.28. The zero-order valence-corrected chi connectivity index (χ0v) is 17.8. The molecule has 3 rings (SSSR count). The van der Waals surface area contributed by atoms with E-state index < -0.39 is 0 Å². The molecule has 0 unspecified atom stereocenters. The van der Waals surface area contributed by atoms with Crippen LogP contribution < -0.4 is 0 Å². The summed E-state index contributed by atoms with van der Waals surface area (Å²) in [6.45, 7) is 8.75. The quantitative estimate of drug-likeness (QED) is 0.740. The Bertz CT molecular complexity index is 547. The van der Waals surface area contributed by atoms with Crippen LogP contribution in [0.15, 0.2) is 24.3 Å². The van der Waals surface area contributed by atoms with Crippen molar-refractivity contribution in [3.05, 3.63) is 34.9 Å². The van der Waals surface area contributed by atoms with Crippen LogP contribution in [0, 0.1) is 0 Å². The molecule has 148 valence electrons. The smallest absolute Gasteiger partial charge is 0.240 e. The lowest BCUT2D eigenvalue weighted by molar-refractivity contribution is -0.140. The number of rotatable bonds is 4. The van der Waals surface area contributed by atoms with Gasteiger partial charge in [-0.3, -0.25) is 14.6 Å². The van der Waals surface area contributed by atoms with Gasteiger partial charge < -0.3 is 4.90 Å². The Balaban J connectivity index is 0.00000169. The molecule has 4 nitrogen and oxygen atoms in total. The van der Waals surface area contributed by atoms with Gasteiger partial charge in [0.2, 0.25) is 5.91 Å². The predicted octanol–water partition coefficient (Wildman–Crippen LogP) is 3.70. The van der Waals surface area contributed by atoms with Crippen molar-refractivity contribution in [2.24, 2.45) is 0 Å². The molecule has 0 aliphatic carbocycles.